The molecule has 0 aromatic heterocycles. The maximum atomic E-state index is 12.1. The zero-order valence-electron chi connectivity index (χ0n) is 9.15. The molecule has 88 valence electrons. The Morgan fingerprint density at radius 2 is 2.00 bits per heavy atom. The Morgan fingerprint density at radius 3 is 2.56 bits per heavy atom. The quantitative estimate of drug-likeness (QED) is 0.858. The summed E-state index contributed by atoms with van der Waals surface area (Å²) in [4.78, 5) is 0. The van der Waals surface area contributed by atoms with Gasteiger partial charge in [-0.2, -0.15) is 8.78 Å². The lowest BCUT2D eigenvalue weighted by Gasteiger charge is -2.11. The van der Waals surface area contributed by atoms with Crippen molar-refractivity contribution in [2.45, 2.75) is 26.6 Å². The molecule has 0 spiro atoms. The van der Waals surface area contributed by atoms with Crippen molar-refractivity contribution in [1.82, 2.24) is 0 Å². The molecule has 4 heteroatoms. The van der Waals surface area contributed by atoms with Crippen LogP contribution in [0.5, 0.6) is 5.75 Å². The van der Waals surface area contributed by atoms with Crippen molar-refractivity contribution in [3.05, 3.63) is 35.9 Å². The van der Waals surface area contributed by atoms with E-state index >= 15 is 0 Å². The molecule has 0 bridgehead atoms. The number of hydrogen-bond acceptors (Lipinski definition) is 2. The van der Waals surface area contributed by atoms with Crippen molar-refractivity contribution in [3.63, 3.8) is 0 Å². The molecular formula is C12H14F2O2. The smallest absolute Gasteiger partial charge is 0.387 e. The number of hydrogen-bond donors (Lipinski definition) is 1. The molecule has 2 nitrogen and oxygen atoms in total. The van der Waals surface area contributed by atoms with Crippen LogP contribution < -0.4 is 4.74 Å². The van der Waals surface area contributed by atoms with Gasteiger partial charge in [-0.1, -0.05) is 24.3 Å². The molecule has 0 saturated heterocycles. The van der Waals surface area contributed by atoms with Crippen LogP contribution in [0.1, 0.15) is 19.4 Å². The molecule has 1 aromatic rings. The van der Waals surface area contributed by atoms with E-state index in [1.807, 2.05) is 0 Å². The lowest BCUT2D eigenvalue weighted by molar-refractivity contribution is -0.0500. The first-order chi connectivity index (χ1) is 7.50. The number of allylic oxidation sites excluding steroid dienone is 1. The summed E-state index contributed by atoms with van der Waals surface area (Å²) in [5.74, 6) is 0.118. The van der Waals surface area contributed by atoms with Crippen LogP contribution in [0.2, 0.25) is 0 Å². The van der Waals surface area contributed by atoms with Gasteiger partial charge in [0.15, 0.2) is 0 Å². The van der Waals surface area contributed by atoms with Crippen LogP contribution in [-0.4, -0.2) is 17.8 Å². The van der Waals surface area contributed by atoms with E-state index in [-0.39, 0.29) is 5.75 Å². The third kappa shape index (κ3) is 3.62. The number of alkyl halides is 2. The number of halogens is 2. The minimum atomic E-state index is -2.85. The van der Waals surface area contributed by atoms with Gasteiger partial charge in [0.2, 0.25) is 0 Å². The summed E-state index contributed by atoms with van der Waals surface area (Å²) < 4.78 is 28.7. The van der Waals surface area contributed by atoms with E-state index < -0.39 is 12.7 Å². The molecule has 1 N–H and O–H groups in total. The minimum Gasteiger partial charge on any atom is -0.434 e. The predicted molar refractivity (Wildman–Crippen MR) is 58.4 cm³/mol. The number of para-hydroxylation sites is 1. The normalized spacial score (nSPS) is 14.0. The third-order valence-electron chi connectivity index (χ3n) is 2.02. The van der Waals surface area contributed by atoms with E-state index in [0.717, 1.165) is 0 Å². The van der Waals surface area contributed by atoms with Crippen LogP contribution in [-0.2, 0) is 0 Å². The van der Waals surface area contributed by atoms with Gasteiger partial charge in [0.05, 0.1) is 6.10 Å². The molecule has 0 aliphatic heterocycles. The zero-order valence-corrected chi connectivity index (χ0v) is 9.15. The largest absolute Gasteiger partial charge is 0.434 e. The van der Waals surface area contributed by atoms with Gasteiger partial charge in [-0.25, -0.2) is 0 Å². The highest BCUT2D eigenvalue weighted by atomic mass is 19.3. The number of ether oxygens (including phenoxy) is 1. The van der Waals surface area contributed by atoms with Gasteiger partial charge in [-0.05, 0) is 25.5 Å². The molecule has 0 radical (unpaired) electrons. The standard InChI is InChI=1S/C12H14F2O2/c1-8(7-9(2)15)10-5-3-4-6-11(10)16-12(13)14/h3-7,9,12,15H,1-2H3/b8-7-. The number of aliphatic hydroxyl groups excluding tert-OH is 1. The highest BCUT2D eigenvalue weighted by Gasteiger charge is 2.10. The molecule has 0 saturated carbocycles. The summed E-state index contributed by atoms with van der Waals surface area (Å²) in [7, 11) is 0. The Morgan fingerprint density at radius 1 is 1.38 bits per heavy atom. The summed E-state index contributed by atoms with van der Waals surface area (Å²) in [5, 5.41) is 9.19. The van der Waals surface area contributed by atoms with Crippen LogP contribution in [0, 0.1) is 0 Å². The van der Waals surface area contributed by atoms with Crippen LogP contribution >= 0.6 is 0 Å². The fraction of sp³-hybridized carbons (Fsp3) is 0.333. The van der Waals surface area contributed by atoms with E-state index in [1.165, 1.54) is 6.07 Å². The molecule has 1 rings (SSSR count). The topological polar surface area (TPSA) is 29.5 Å². The second-order valence-corrected chi connectivity index (χ2v) is 3.46. The highest BCUT2D eigenvalue weighted by Crippen LogP contribution is 2.27. The third-order valence-corrected chi connectivity index (χ3v) is 2.02. The van der Waals surface area contributed by atoms with Gasteiger partial charge in [0.1, 0.15) is 5.75 Å². The molecule has 16 heavy (non-hydrogen) atoms. The maximum absolute atomic E-state index is 12.1. The summed E-state index contributed by atoms with van der Waals surface area (Å²) >= 11 is 0. The molecule has 0 fully saturated rings. The van der Waals surface area contributed by atoms with Crippen LogP contribution in [0.3, 0.4) is 0 Å². The number of rotatable bonds is 4. The zero-order chi connectivity index (χ0) is 12.1. The second-order valence-electron chi connectivity index (χ2n) is 3.46. The lowest BCUT2D eigenvalue weighted by Crippen LogP contribution is -2.04. The summed E-state index contributed by atoms with van der Waals surface area (Å²) in [6, 6.07) is 6.50. The van der Waals surface area contributed by atoms with E-state index in [1.54, 1.807) is 38.1 Å². The molecule has 1 unspecified atom stereocenters. The highest BCUT2D eigenvalue weighted by molar-refractivity contribution is 5.69. The van der Waals surface area contributed by atoms with Gasteiger partial charge in [-0.15, -0.1) is 0 Å². The first kappa shape index (κ1) is 12.6. The van der Waals surface area contributed by atoms with E-state index in [9.17, 15) is 13.9 Å². The van der Waals surface area contributed by atoms with Gasteiger partial charge in [0.25, 0.3) is 0 Å². The van der Waals surface area contributed by atoms with Crippen LogP contribution in [0.4, 0.5) is 8.78 Å². The van der Waals surface area contributed by atoms with E-state index in [2.05, 4.69) is 4.74 Å². The predicted octanol–water partition coefficient (Wildman–Crippen LogP) is 3.07. The van der Waals surface area contributed by atoms with E-state index in [4.69, 9.17) is 0 Å². The van der Waals surface area contributed by atoms with Crippen molar-refractivity contribution in [2.24, 2.45) is 0 Å². The Kier molecular flexibility index (Phi) is 4.43. The monoisotopic (exact) mass is 228 g/mol. The average molecular weight is 228 g/mol. The Bertz CT molecular complexity index is 373. The molecule has 0 amide bonds. The Labute approximate surface area is 93.2 Å². The van der Waals surface area contributed by atoms with Crippen molar-refractivity contribution >= 4 is 5.57 Å². The van der Waals surface area contributed by atoms with Crippen LogP contribution in [0.25, 0.3) is 5.57 Å². The van der Waals surface area contributed by atoms with Crippen molar-refractivity contribution in [2.75, 3.05) is 0 Å². The van der Waals surface area contributed by atoms with Gasteiger partial charge in [0, 0.05) is 5.56 Å². The van der Waals surface area contributed by atoms with E-state index in [0.29, 0.717) is 11.1 Å². The van der Waals surface area contributed by atoms with Gasteiger partial charge >= 0.3 is 6.61 Å². The second kappa shape index (κ2) is 5.61. The van der Waals surface area contributed by atoms with Gasteiger partial charge < -0.3 is 9.84 Å². The van der Waals surface area contributed by atoms with Crippen molar-refractivity contribution < 1.29 is 18.6 Å². The molecular weight excluding hydrogens is 214 g/mol. The molecule has 0 aliphatic carbocycles. The molecule has 1 atom stereocenters. The Hall–Kier alpha value is -1.42. The molecule has 0 heterocycles. The average Bonchev–Trinajstić information content (AvgIpc) is 2.16. The maximum Gasteiger partial charge on any atom is 0.387 e. The fourth-order valence-corrected chi connectivity index (χ4v) is 1.44. The molecule has 1 aromatic carbocycles. The summed E-state index contributed by atoms with van der Waals surface area (Å²) in [6.07, 6.45) is 0.952. The van der Waals surface area contributed by atoms with Crippen molar-refractivity contribution in [3.8, 4) is 5.75 Å². The first-order valence-electron chi connectivity index (χ1n) is 4.91. The Balaban J connectivity index is 3.03. The van der Waals surface area contributed by atoms with Crippen molar-refractivity contribution in [1.29, 1.82) is 0 Å². The first-order valence-corrected chi connectivity index (χ1v) is 4.91. The lowest BCUT2D eigenvalue weighted by atomic mass is 10.0. The SMILES string of the molecule is C/C(=C/C(C)O)c1ccccc1OC(F)F. The fourth-order valence-electron chi connectivity index (χ4n) is 1.44. The molecule has 0 aliphatic rings. The van der Waals surface area contributed by atoms with Crippen LogP contribution in [0.15, 0.2) is 30.3 Å². The number of benzene rings is 1. The number of aliphatic hydroxyl groups is 1. The minimum absolute atomic E-state index is 0.118. The summed E-state index contributed by atoms with van der Waals surface area (Å²) in [5.41, 5.74) is 1.26. The summed E-state index contributed by atoms with van der Waals surface area (Å²) in [6.45, 7) is 0.487. The van der Waals surface area contributed by atoms with Gasteiger partial charge in [-0.3, -0.25) is 0 Å².